The van der Waals surface area contributed by atoms with Crippen LogP contribution in [0.25, 0.3) is 0 Å². The van der Waals surface area contributed by atoms with Gasteiger partial charge in [-0.2, -0.15) is 5.10 Å². The largest absolute Gasteiger partial charge is 0.496 e. The molecule has 0 heterocycles. The van der Waals surface area contributed by atoms with E-state index in [1.807, 2.05) is 19.1 Å². The lowest BCUT2D eigenvalue weighted by Crippen LogP contribution is -2.34. The molecule has 2 rings (SSSR count). The average molecular weight is 448 g/mol. The Bertz CT molecular complexity index is 838. The Labute approximate surface area is 172 Å². The number of carbonyl (C=O) groups is 2. The van der Waals surface area contributed by atoms with Crippen molar-refractivity contribution in [1.82, 2.24) is 10.7 Å². The van der Waals surface area contributed by atoms with Gasteiger partial charge >= 0.3 is 0 Å². The van der Waals surface area contributed by atoms with Crippen LogP contribution in [-0.4, -0.2) is 38.3 Å². The number of hydrogen-bond acceptors (Lipinski definition) is 5. The number of rotatable bonds is 9. The maximum Gasteiger partial charge on any atom is 0.259 e. The first kappa shape index (κ1) is 21.4. The Balaban J connectivity index is 1.82. The maximum absolute atomic E-state index is 12.1. The van der Waals surface area contributed by atoms with Crippen LogP contribution in [0.15, 0.2) is 52.0 Å². The summed E-state index contributed by atoms with van der Waals surface area (Å²) in [6, 6.07) is 12.2. The molecule has 0 unspecified atom stereocenters. The van der Waals surface area contributed by atoms with Crippen LogP contribution in [0.5, 0.6) is 11.5 Å². The molecule has 0 bridgehead atoms. The number of ether oxygens (including phenoxy) is 2. The standard InChI is InChI=1S/C20H22BrN3O4/c1-3-10-28-17-7-4-14(5-8-17)20(26)22-13-19(25)24-23-12-15-11-16(21)6-9-18(15)27-2/h4-9,11-12H,3,10,13H2,1-2H3,(H,22,26)(H,24,25)/b23-12+. The number of hydrogen-bond donors (Lipinski definition) is 2. The van der Waals surface area contributed by atoms with Crippen molar-refractivity contribution in [2.45, 2.75) is 13.3 Å². The van der Waals surface area contributed by atoms with Gasteiger partial charge in [0.1, 0.15) is 11.5 Å². The molecule has 28 heavy (non-hydrogen) atoms. The second-order valence-corrected chi connectivity index (χ2v) is 6.65. The summed E-state index contributed by atoms with van der Waals surface area (Å²) in [7, 11) is 1.55. The van der Waals surface area contributed by atoms with Crippen LogP contribution in [0.2, 0.25) is 0 Å². The first-order valence-corrected chi connectivity index (χ1v) is 9.49. The van der Waals surface area contributed by atoms with E-state index in [2.05, 4.69) is 31.8 Å². The van der Waals surface area contributed by atoms with Crippen LogP contribution in [0.4, 0.5) is 0 Å². The Kier molecular flexibility index (Phi) is 8.48. The Morgan fingerprint density at radius 1 is 1.18 bits per heavy atom. The summed E-state index contributed by atoms with van der Waals surface area (Å²) < 4.78 is 11.6. The molecule has 0 aromatic heterocycles. The fourth-order valence-electron chi connectivity index (χ4n) is 2.20. The third-order valence-corrected chi connectivity index (χ3v) is 4.08. The van der Waals surface area contributed by atoms with Crippen LogP contribution in [0.1, 0.15) is 29.3 Å². The lowest BCUT2D eigenvalue weighted by atomic mass is 10.2. The zero-order chi connectivity index (χ0) is 20.4. The molecule has 2 amide bonds. The van der Waals surface area contributed by atoms with Gasteiger partial charge in [-0.25, -0.2) is 5.43 Å². The Morgan fingerprint density at radius 2 is 1.93 bits per heavy atom. The van der Waals surface area contributed by atoms with Gasteiger partial charge in [0.25, 0.3) is 11.8 Å². The van der Waals surface area contributed by atoms with Crippen LogP contribution < -0.4 is 20.2 Å². The van der Waals surface area contributed by atoms with Crippen molar-refractivity contribution >= 4 is 34.0 Å². The maximum atomic E-state index is 12.1. The second kappa shape index (κ2) is 11.1. The molecule has 0 saturated heterocycles. The fourth-order valence-corrected chi connectivity index (χ4v) is 2.58. The lowest BCUT2D eigenvalue weighted by molar-refractivity contribution is -0.120. The SMILES string of the molecule is CCCOc1ccc(C(=O)NCC(=O)N/N=C/c2cc(Br)ccc2OC)cc1. The second-order valence-electron chi connectivity index (χ2n) is 5.73. The molecule has 0 saturated carbocycles. The third-order valence-electron chi connectivity index (χ3n) is 3.58. The molecule has 2 aromatic rings. The van der Waals surface area contributed by atoms with E-state index in [1.54, 1.807) is 37.4 Å². The minimum Gasteiger partial charge on any atom is -0.496 e. The molecule has 0 atom stereocenters. The number of nitrogens with zero attached hydrogens (tertiary/aromatic N) is 1. The summed E-state index contributed by atoms with van der Waals surface area (Å²) >= 11 is 3.37. The highest BCUT2D eigenvalue weighted by molar-refractivity contribution is 9.10. The molecular weight excluding hydrogens is 426 g/mol. The number of methoxy groups -OCH3 is 1. The van der Waals surface area contributed by atoms with E-state index in [4.69, 9.17) is 9.47 Å². The van der Waals surface area contributed by atoms with Crippen molar-refractivity contribution in [2.24, 2.45) is 5.10 Å². The summed E-state index contributed by atoms with van der Waals surface area (Å²) in [4.78, 5) is 24.0. The molecule has 0 radical (unpaired) electrons. The average Bonchev–Trinajstić information content (AvgIpc) is 2.71. The van der Waals surface area contributed by atoms with E-state index < -0.39 is 5.91 Å². The van der Waals surface area contributed by atoms with E-state index in [1.165, 1.54) is 6.21 Å². The highest BCUT2D eigenvalue weighted by Crippen LogP contribution is 2.21. The minimum absolute atomic E-state index is 0.195. The fraction of sp³-hybridized carbons (Fsp3) is 0.250. The monoisotopic (exact) mass is 447 g/mol. The molecule has 0 fully saturated rings. The van der Waals surface area contributed by atoms with E-state index in [-0.39, 0.29) is 12.5 Å². The highest BCUT2D eigenvalue weighted by Gasteiger charge is 2.08. The van der Waals surface area contributed by atoms with Gasteiger partial charge in [-0.3, -0.25) is 9.59 Å². The van der Waals surface area contributed by atoms with Gasteiger partial charge in [-0.05, 0) is 48.9 Å². The van der Waals surface area contributed by atoms with Gasteiger partial charge in [-0.1, -0.05) is 22.9 Å². The number of hydrazone groups is 1. The Hall–Kier alpha value is -2.87. The normalized spacial score (nSPS) is 10.5. The van der Waals surface area contributed by atoms with Gasteiger partial charge in [0, 0.05) is 15.6 Å². The molecule has 0 aliphatic rings. The van der Waals surface area contributed by atoms with Crippen LogP contribution in [0, 0.1) is 0 Å². The van der Waals surface area contributed by atoms with E-state index in [9.17, 15) is 9.59 Å². The first-order valence-electron chi connectivity index (χ1n) is 8.70. The van der Waals surface area contributed by atoms with Gasteiger partial charge < -0.3 is 14.8 Å². The summed E-state index contributed by atoms with van der Waals surface area (Å²) in [6.45, 7) is 2.45. The van der Waals surface area contributed by atoms with E-state index >= 15 is 0 Å². The molecule has 2 N–H and O–H groups in total. The summed E-state index contributed by atoms with van der Waals surface area (Å²) in [5.74, 6) is 0.533. The number of benzene rings is 2. The molecule has 0 aliphatic carbocycles. The predicted octanol–water partition coefficient (Wildman–Crippen LogP) is 3.13. The van der Waals surface area contributed by atoms with E-state index in [0.29, 0.717) is 29.2 Å². The van der Waals surface area contributed by atoms with Crippen molar-refractivity contribution < 1.29 is 19.1 Å². The topological polar surface area (TPSA) is 89.0 Å². The zero-order valence-corrected chi connectivity index (χ0v) is 17.3. The van der Waals surface area contributed by atoms with Gasteiger partial charge in [0.15, 0.2) is 0 Å². The quantitative estimate of drug-likeness (QED) is 0.456. The molecule has 148 valence electrons. The van der Waals surface area contributed by atoms with Gasteiger partial charge in [-0.15, -0.1) is 0 Å². The number of amides is 2. The first-order chi connectivity index (χ1) is 13.5. The van der Waals surface area contributed by atoms with Crippen molar-refractivity contribution in [3.63, 3.8) is 0 Å². The molecule has 7 nitrogen and oxygen atoms in total. The van der Waals surface area contributed by atoms with Crippen molar-refractivity contribution in [3.8, 4) is 11.5 Å². The molecule has 8 heteroatoms. The zero-order valence-electron chi connectivity index (χ0n) is 15.7. The molecule has 2 aromatic carbocycles. The molecule has 0 spiro atoms. The number of nitrogens with one attached hydrogen (secondary N) is 2. The Morgan fingerprint density at radius 3 is 2.61 bits per heavy atom. The van der Waals surface area contributed by atoms with Crippen molar-refractivity contribution in [3.05, 3.63) is 58.1 Å². The van der Waals surface area contributed by atoms with Gasteiger partial charge in [0.05, 0.1) is 26.5 Å². The number of halogens is 1. The predicted molar refractivity (Wildman–Crippen MR) is 111 cm³/mol. The smallest absolute Gasteiger partial charge is 0.259 e. The lowest BCUT2D eigenvalue weighted by Gasteiger charge is -2.07. The van der Waals surface area contributed by atoms with Crippen LogP contribution >= 0.6 is 15.9 Å². The minimum atomic E-state index is -0.443. The third kappa shape index (κ3) is 6.70. The van der Waals surface area contributed by atoms with Crippen molar-refractivity contribution in [1.29, 1.82) is 0 Å². The number of carbonyl (C=O) groups excluding carboxylic acids is 2. The summed E-state index contributed by atoms with van der Waals surface area (Å²) in [6.07, 6.45) is 2.38. The van der Waals surface area contributed by atoms with Gasteiger partial charge in [0.2, 0.25) is 0 Å². The summed E-state index contributed by atoms with van der Waals surface area (Å²) in [5.41, 5.74) is 3.51. The van der Waals surface area contributed by atoms with Crippen LogP contribution in [-0.2, 0) is 4.79 Å². The summed E-state index contributed by atoms with van der Waals surface area (Å²) in [5, 5.41) is 6.43. The van der Waals surface area contributed by atoms with Crippen molar-refractivity contribution in [2.75, 3.05) is 20.3 Å². The van der Waals surface area contributed by atoms with Crippen LogP contribution in [0.3, 0.4) is 0 Å². The molecule has 0 aliphatic heterocycles. The highest BCUT2D eigenvalue weighted by atomic mass is 79.9. The molecular formula is C20H22BrN3O4. The van der Waals surface area contributed by atoms with E-state index in [0.717, 1.165) is 10.9 Å².